The van der Waals surface area contributed by atoms with Crippen LogP contribution in [0.1, 0.15) is 12.8 Å². The van der Waals surface area contributed by atoms with E-state index < -0.39 is 6.09 Å². The zero-order chi connectivity index (χ0) is 15.7. The summed E-state index contributed by atoms with van der Waals surface area (Å²) in [5, 5.41) is 9.76. The van der Waals surface area contributed by atoms with Crippen molar-refractivity contribution in [2.75, 3.05) is 20.1 Å². The summed E-state index contributed by atoms with van der Waals surface area (Å²) in [6, 6.07) is 5.91. The van der Waals surface area contributed by atoms with Crippen LogP contribution in [0.2, 0.25) is 5.02 Å². The minimum atomic E-state index is -0.814. The maximum Gasteiger partial charge on any atom is 0.407 e. The molecule has 2 heterocycles. The standard InChI is InChI=1S/C15H18ClN3O2S/c1-17-14-19(12-3-2-11(16)8-13(12)22-14)9-10-4-6-18(7-5-10)15(20)21/h2-3,8,10H,4-7,9H2,1H3,(H,20,21)/b17-14+. The van der Waals surface area contributed by atoms with Crippen LogP contribution in [-0.2, 0) is 6.54 Å². The molecular weight excluding hydrogens is 322 g/mol. The molecule has 0 aliphatic carbocycles. The Labute approximate surface area is 137 Å². The highest BCUT2D eigenvalue weighted by atomic mass is 35.5. The lowest BCUT2D eigenvalue weighted by atomic mass is 9.97. The van der Waals surface area contributed by atoms with Crippen molar-refractivity contribution in [3.63, 3.8) is 0 Å². The molecular formula is C15H18ClN3O2S. The molecule has 0 unspecified atom stereocenters. The molecule has 3 rings (SSSR count). The van der Waals surface area contributed by atoms with Crippen molar-refractivity contribution in [3.05, 3.63) is 28.0 Å². The first-order valence-electron chi connectivity index (χ1n) is 7.28. The van der Waals surface area contributed by atoms with Gasteiger partial charge in [-0.2, -0.15) is 0 Å². The Bertz CT molecular complexity index is 760. The quantitative estimate of drug-likeness (QED) is 0.912. The predicted molar refractivity (Wildman–Crippen MR) is 88.6 cm³/mol. The number of fused-ring (bicyclic) bond motifs is 1. The van der Waals surface area contributed by atoms with Crippen LogP contribution in [-0.4, -0.2) is 40.8 Å². The maximum absolute atomic E-state index is 11.0. The summed E-state index contributed by atoms with van der Waals surface area (Å²) in [5.74, 6) is 0.481. The molecule has 1 aliphatic heterocycles. The van der Waals surface area contributed by atoms with Gasteiger partial charge in [0.15, 0.2) is 4.80 Å². The zero-order valence-corrected chi connectivity index (χ0v) is 13.9. The van der Waals surface area contributed by atoms with Crippen molar-refractivity contribution in [2.45, 2.75) is 19.4 Å². The van der Waals surface area contributed by atoms with Gasteiger partial charge in [0.2, 0.25) is 0 Å². The van der Waals surface area contributed by atoms with E-state index in [1.165, 1.54) is 4.90 Å². The van der Waals surface area contributed by atoms with Crippen molar-refractivity contribution in [3.8, 4) is 0 Å². The van der Waals surface area contributed by atoms with E-state index in [9.17, 15) is 4.79 Å². The number of likely N-dealkylation sites (tertiary alicyclic amines) is 1. The number of piperidine rings is 1. The van der Waals surface area contributed by atoms with Crippen LogP contribution < -0.4 is 4.80 Å². The normalized spacial score (nSPS) is 17.4. The number of thiazole rings is 1. The molecule has 0 spiro atoms. The molecule has 118 valence electrons. The van der Waals surface area contributed by atoms with Gasteiger partial charge >= 0.3 is 6.09 Å². The summed E-state index contributed by atoms with van der Waals surface area (Å²) < 4.78 is 3.37. The lowest BCUT2D eigenvalue weighted by molar-refractivity contribution is 0.121. The number of rotatable bonds is 2. The Hall–Kier alpha value is -1.53. The largest absolute Gasteiger partial charge is 0.465 e. The fourth-order valence-electron chi connectivity index (χ4n) is 2.96. The van der Waals surface area contributed by atoms with Crippen LogP contribution in [0.4, 0.5) is 4.79 Å². The van der Waals surface area contributed by atoms with Crippen LogP contribution >= 0.6 is 22.9 Å². The number of nitrogens with zero attached hydrogens (tertiary/aromatic N) is 3. The van der Waals surface area contributed by atoms with Gasteiger partial charge in [0.1, 0.15) is 0 Å². The number of carboxylic acid groups (broad SMARTS) is 1. The molecule has 1 fully saturated rings. The third kappa shape index (κ3) is 2.98. The first kappa shape index (κ1) is 15.4. The predicted octanol–water partition coefficient (Wildman–Crippen LogP) is 3.28. The van der Waals surface area contributed by atoms with Gasteiger partial charge in [0.05, 0.1) is 10.2 Å². The number of hydrogen-bond donors (Lipinski definition) is 1. The second kappa shape index (κ2) is 6.30. The number of amides is 1. The highest BCUT2D eigenvalue weighted by Gasteiger charge is 2.23. The van der Waals surface area contributed by atoms with Crippen molar-refractivity contribution >= 4 is 39.2 Å². The summed E-state index contributed by atoms with van der Waals surface area (Å²) in [6.07, 6.45) is 0.979. The first-order valence-corrected chi connectivity index (χ1v) is 8.47. The van der Waals surface area contributed by atoms with Crippen LogP contribution in [0.25, 0.3) is 10.2 Å². The van der Waals surface area contributed by atoms with Gasteiger partial charge in [-0.25, -0.2) is 4.79 Å². The van der Waals surface area contributed by atoms with Gasteiger partial charge in [0, 0.05) is 31.7 Å². The minimum Gasteiger partial charge on any atom is -0.465 e. The minimum absolute atomic E-state index is 0.481. The van der Waals surface area contributed by atoms with E-state index in [4.69, 9.17) is 16.7 Å². The number of carbonyl (C=O) groups is 1. The number of halogens is 1. The molecule has 1 amide bonds. The van der Waals surface area contributed by atoms with Crippen LogP contribution in [0.15, 0.2) is 23.2 Å². The molecule has 0 atom stereocenters. The van der Waals surface area contributed by atoms with Gasteiger partial charge in [-0.3, -0.25) is 4.99 Å². The van der Waals surface area contributed by atoms with E-state index >= 15 is 0 Å². The summed E-state index contributed by atoms with van der Waals surface area (Å²) in [5.41, 5.74) is 1.15. The average molecular weight is 340 g/mol. The molecule has 5 nitrogen and oxygen atoms in total. The maximum atomic E-state index is 11.0. The fourth-order valence-corrected chi connectivity index (χ4v) is 4.23. The smallest absolute Gasteiger partial charge is 0.407 e. The summed E-state index contributed by atoms with van der Waals surface area (Å²) in [6.45, 7) is 2.11. The Balaban J connectivity index is 1.84. The third-order valence-electron chi connectivity index (χ3n) is 4.16. The molecule has 7 heteroatoms. The van der Waals surface area contributed by atoms with Crippen molar-refractivity contribution in [1.82, 2.24) is 9.47 Å². The molecule has 1 aromatic heterocycles. The molecule has 0 radical (unpaired) electrons. The Morgan fingerprint density at radius 1 is 1.45 bits per heavy atom. The van der Waals surface area contributed by atoms with E-state index in [2.05, 4.69) is 9.56 Å². The molecule has 1 aromatic carbocycles. The highest BCUT2D eigenvalue weighted by Crippen LogP contribution is 2.25. The van der Waals surface area contributed by atoms with Crippen LogP contribution in [0, 0.1) is 5.92 Å². The second-order valence-corrected chi connectivity index (χ2v) is 6.99. The molecule has 0 bridgehead atoms. The third-order valence-corrected chi connectivity index (χ3v) is 5.53. The Morgan fingerprint density at radius 3 is 2.82 bits per heavy atom. The monoisotopic (exact) mass is 339 g/mol. The van der Waals surface area contributed by atoms with Gasteiger partial charge in [0.25, 0.3) is 0 Å². The van der Waals surface area contributed by atoms with Gasteiger partial charge < -0.3 is 14.6 Å². The van der Waals surface area contributed by atoms with E-state index in [0.717, 1.165) is 39.4 Å². The Morgan fingerprint density at radius 2 is 2.18 bits per heavy atom. The van der Waals surface area contributed by atoms with Crippen molar-refractivity contribution in [2.24, 2.45) is 10.9 Å². The molecule has 1 N–H and O–H groups in total. The number of hydrogen-bond acceptors (Lipinski definition) is 3. The molecule has 2 aromatic rings. The molecule has 22 heavy (non-hydrogen) atoms. The van der Waals surface area contributed by atoms with E-state index in [-0.39, 0.29) is 0 Å². The van der Waals surface area contributed by atoms with Crippen molar-refractivity contribution in [1.29, 1.82) is 0 Å². The SMILES string of the molecule is C/N=c1/sc2cc(Cl)ccc2n1CC1CCN(C(=O)O)CC1. The fraction of sp³-hybridized carbons (Fsp3) is 0.467. The second-order valence-electron chi connectivity index (χ2n) is 5.54. The molecule has 1 aliphatic rings. The lowest BCUT2D eigenvalue weighted by Gasteiger charge is -2.30. The van der Waals surface area contributed by atoms with E-state index in [1.54, 1.807) is 18.4 Å². The topological polar surface area (TPSA) is 57.8 Å². The average Bonchev–Trinajstić information content (AvgIpc) is 2.84. The highest BCUT2D eigenvalue weighted by molar-refractivity contribution is 7.16. The summed E-state index contributed by atoms with van der Waals surface area (Å²) in [7, 11) is 1.80. The van der Waals surface area contributed by atoms with Crippen LogP contribution in [0.5, 0.6) is 0 Å². The molecule has 1 saturated heterocycles. The Kier molecular flexibility index (Phi) is 4.40. The van der Waals surface area contributed by atoms with Gasteiger partial charge in [-0.15, -0.1) is 0 Å². The zero-order valence-electron chi connectivity index (χ0n) is 12.3. The summed E-state index contributed by atoms with van der Waals surface area (Å²) >= 11 is 7.71. The van der Waals surface area contributed by atoms with Gasteiger partial charge in [-0.05, 0) is 37.0 Å². The first-order chi connectivity index (χ1) is 10.6. The van der Waals surface area contributed by atoms with E-state index in [0.29, 0.717) is 19.0 Å². The van der Waals surface area contributed by atoms with E-state index in [1.807, 2.05) is 18.2 Å². The number of benzene rings is 1. The van der Waals surface area contributed by atoms with Crippen molar-refractivity contribution < 1.29 is 9.90 Å². The lowest BCUT2D eigenvalue weighted by Crippen LogP contribution is -2.38. The molecule has 0 saturated carbocycles. The van der Waals surface area contributed by atoms with Crippen LogP contribution in [0.3, 0.4) is 0 Å². The van der Waals surface area contributed by atoms with Gasteiger partial charge in [-0.1, -0.05) is 22.9 Å². The number of aromatic nitrogens is 1. The summed E-state index contributed by atoms with van der Waals surface area (Å²) in [4.78, 5) is 17.8.